The van der Waals surface area contributed by atoms with Crippen molar-refractivity contribution in [3.8, 4) is 0 Å². The summed E-state index contributed by atoms with van der Waals surface area (Å²) in [6.45, 7) is 4.45. The SMILES string of the molecule is CCn1c(C2CC2)nn(CN2CCCc3cc(S(=O)(=O)N(C)C)ccc32)c1=S. The lowest BCUT2D eigenvalue weighted by atomic mass is 10.0. The van der Waals surface area contributed by atoms with E-state index in [0.29, 0.717) is 17.5 Å². The van der Waals surface area contributed by atoms with Gasteiger partial charge in [-0.15, -0.1) is 0 Å². The van der Waals surface area contributed by atoms with Crippen LogP contribution in [0.3, 0.4) is 0 Å². The molecule has 0 amide bonds. The molecule has 9 heteroatoms. The van der Waals surface area contributed by atoms with Gasteiger partial charge in [-0.3, -0.25) is 0 Å². The molecule has 0 bridgehead atoms. The molecule has 0 N–H and O–H groups in total. The highest BCUT2D eigenvalue weighted by Gasteiger charge is 2.30. The lowest BCUT2D eigenvalue weighted by molar-refractivity contribution is 0.519. The van der Waals surface area contributed by atoms with Crippen LogP contribution in [0.4, 0.5) is 5.69 Å². The highest BCUT2D eigenvalue weighted by molar-refractivity contribution is 7.89. The minimum atomic E-state index is -3.42. The van der Waals surface area contributed by atoms with Crippen LogP contribution in [-0.2, 0) is 29.7 Å². The van der Waals surface area contributed by atoms with E-state index in [1.54, 1.807) is 20.2 Å². The fourth-order valence-corrected chi connectivity index (χ4v) is 5.10. The van der Waals surface area contributed by atoms with Crippen LogP contribution in [0, 0.1) is 4.77 Å². The monoisotopic (exact) mass is 421 g/mol. The number of aryl methyl sites for hydroxylation is 1. The largest absolute Gasteiger partial charge is 0.352 e. The third-order valence-corrected chi connectivity index (χ3v) is 7.80. The Bertz CT molecular complexity index is 1050. The van der Waals surface area contributed by atoms with Gasteiger partial charge in [0.2, 0.25) is 10.0 Å². The Balaban J connectivity index is 1.65. The van der Waals surface area contributed by atoms with Gasteiger partial charge >= 0.3 is 0 Å². The normalized spacial score (nSPS) is 17.2. The second-order valence-electron chi connectivity index (χ2n) is 7.75. The minimum Gasteiger partial charge on any atom is -0.352 e. The Hall–Kier alpha value is -1.71. The van der Waals surface area contributed by atoms with E-state index in [9.17, 15) is 8.42 Å². The van der Waals surface area contributed by atoms with Crippen molar-refractivity contribution in [1.29, 1.82) is 0 Å². The summed E-state index contributed by atoms with van der Waals surface area (Å²) in [6.07, 6.45) is 4.25. The molecule has 4 rings (SSSR count). The van der Waals surface area contributed by atoms with Gasteiger partial charge in [-0.1, -0.05) is 0 Å². The zero-order chi connectivity index (χ0) is 20.1. The Labute approximate surface area is 171 Å². The molecular weight excluding hydrogens is 394 g/mol. The third-order valence-electron chi connectivity index (χ3n) is 5.56. The van der Waals surface area contributed by atoms with E-state index >= 15 is 0 Å². The number of sulfonamides is 1. The molecule has 152 valence electrons. The van der Waals surface area contributed by atoms with Crippen LogP contribution >= 0.6 is 12.2 Å². The molecule has 0 atom stereocenters. The van der Waals surface area contributed by atoms with Crippen LogP contribution in [0.1, 0.15) is 43.5 Å². The van der Waals surface area contributed by atoms with Crippen LogP contribution in [0.25, 0.3) is 0 Å². The first-order valence-electron chi connectivity index (χ1n) is 9.81. The topological polar surface area (TPSA) is 63.4 Å². The van der Waals surface area contributed by atoms with Crippen molar-refractivity contribution in [3.63, 3.8) is 0 Å². The van der Waals surface area contributed by atoms with E-state index in [1.807, 2.05) is 16.8 Å². The van der Waals surface area contributed by atoms with Gasteiger partial charge in [-0.05, 0) is 68.6 Å². The van der Waals surface area contributed by atoms with Crippen molar-refractivity contribution < 1.29 is 8.42 Å². The molecule has 2 aromatic rings. The maximum atomic E-state index is 12.5. The Morgan fingerprint density at radius 3 is 2.68 bits per heavy atom. The quantitative estimate of drug-likeness (QED) is 0.671. The highest BCUT2D eigenvalue weighted by Crippen LogP contribution is 2.39. The van der Waals surface area contributed by atoms with Crippen LogP contribution in [0.15, 0.2) is 23.1 Å². The second kappa shape index (κ2) is 7.27. The molecule has 7 nitrogen and oxygen atoms in total. The van der Waals surface area contributed by atoms with Crippen molar-refractivity contribution in [1.82, 2.24) is 18.7 Å². The molecule has 1 aromatic carbocycles. The summed E-state index contributed by atoms with van der Waals surface area (Å²) in [5.74, 6) is 1.66. The van der Waals surface area contributed by atoms with Crippen molar-refractivity contribution in [2.45, 2.75) is 56.6 Å². The van der Waals surface area contributed by atoms with Gasteiger partial charge in [0.05, 0.1) is 4.90 Å². The predicted octanol–water partition coefficient (Wildman–Crippen LogP) is 2.97. The average Bonchev–Trinajstić information content (AvgIpc) is 3.47. The molecule has 2 aliphatic rings. The molecule has 0 unspecified atom stereocenters. The standard InChI is InChI=1S/C19H27N5O2S2/c1-4-23-18(14-7-8-14)20-24(19(23)27)13-22-11-5-6-15-12-16(9-10-17(15)22)28(25,26)21(2)3/h9-10,12,14H,4-8,11,13H2,1-3H3. The summed E-state index contributed by atoms with van der Waals surface area (Å²) in [4.78, 5) is 2.60. The first-order valence-corrected chi connectivity index (χ1v) is 11.7. The zero-order valence-corrected chi connectivity index (χ0v) is 18.3. The van der Waals surface area contributed by atoms with Gasteiger partial charge in [0, 0.05) is 38.8 Å². The first kappa shape index (κ1) is 19.6. The second-order valence-corrected chi connectivity index (χ2v) is 10.3. The van der Waals surface area contributed by atoms with Gasteiger partial charge < -0.3 is 9.47 Å². The average molecular weight is 422 g/mol. The van der Waals surface area contributed by atoms with E-state index in [1.165, 1.54) is 17.1 Å². The van der Waals surface area contributed by atoms with Crippen LogP contribution in [-0.4, -0.2) is 47.7 Å². The van der Waals surface area contributed by atoms with E-state index in [2.05, 4.69) is 16.4 Å². The van der Waals surface area contributed by atoms with Crippen LogP contribution < -0.4 is 4.90 Å². The molecule has 2 heterocycles. The number of nitrogens with zero attached hydrogens (tertiary/aromatic N) is 5. The van der Waals surface area contributed by atoms with E-state index in [-0.39, 0.29) is 0 Å². The number of hydrogen-bond donors (Lipinski definition) is 0. The first-order chi connectivity index (χ1) is 13.3. The molecule has 1 saturated carbocycles. The summed E-state index contributed by atoms with van der Waals surface area (Å²) in [6, 6.07) is 5.44. The smallest absolute Gasteiger partial charge is 0.242 e. The molecular formula is C19H27N5O2S2. The molecule has 1 aromatic heterocycles. The Morgan fingerprint density at radius 1 is 1.29 bits per heavy atom. The lowest BCUT2D eigenvalue weighted by Gasteiger charge is -2.31. The van der Waals surface area contributed by atoms with Gasteiger partial charge in [0.15, 0.2) is 4.77 Å². The molecule has 1 aliphatic heterocycles. The zero-order valence-electron chi connectivity index (χ0n) is 16.6. The molecule has 1 fully saturated rings. The van der Waals surface area contributed by atoms with Crippen molar-refractivity contribution in [2.75, 3.05) is 25.5 Å². The van der Waals surface area contributed by atoms with Crippen molar-refractivity contribution in [2.24, 2.45) is 0 Å². The number of fused-ring (bicyclic) bond motifs is 1. The molecule has 0 radical (unpaired) electrons. The highest BCUT2D eigenvalue weighted by atomic mass is 32.2. The molecule has 28 heavy (non-hydrogen) atoms. The van der Waals surface area contributed by atoms with E-state index < -0.39 is 10.0 Å². The Kier molecular flexibility index (Phi) is 5.09. The van der Waals surface area contributed by atoms with Crippen LogP contribution in [0.2, 0.25) is 0 Å². The summed E-state index contributed by atoms with van der Waals surface area (Å²) in [5, 5.41) is 4.82. The fraction of sp³-hybridized carbons (Fsp3) is 0.579. The number of aromatic nitrogens is 3. The van der Waals surface area contributed by atoms with Gasteiger partial charge in [-0.2, -0.15) is 5.10 Å². The lowest BCUT2D eigenvalue weighted by Crippen LogP contribution is -2.32. The summed E-state index contributed by atoms with van der Waals surface area (Å²) >= 11 is 5.68. The summed E-state index contributed by atoms with van der Waals surface area (Å²) in [7, 11) is -0.305. The van der Waals surface area contributed by atoms with Crippen molar-refractivity contribution >= 4 is 27.9 Å². The number of rotatable bonds is 6. The van der Waals surface area contributed by atoms with Gasteiger partial charge in [0.1, 0.15) is 12.5 Å². The Morgan fingerprint density at radius 2 is 2.04 bits per heavy atom. The fourth-order valence-electron chi connectivity index (χ4n) is 3.82. The number of anilines is 1. The predicted molar refractivity (Wildman–Crippen MR) is 112 cm³/mol. The van der Waals surface area contributed by atoms with Gasteiger partial charge in [0.25, 0.3) is 0 Å². The maximum absolute atomic E-state index is 12.5. The molecule has 1 aliphatic carbocycles. The summed E-state index contributed by atoms with van der Waals surface area (Å²) in [5.41, 5.74) is 2.14. The number of hydrogen-bond acceptors (Lipinski definition) is 5. The molecule has 0 spiro atoms. The van der Waals surface area contributed by atoms with Crippen LogP contribution in [0.5, 0.6) is 0 Å². The van der Waals surface area contributed by atoms with E-state index in [4.69, 9.17) is 17.3 Å². The van der Waals surface area contributed by atoms with E-state index in [0.717, 1.165) is 47.8 Å². The maximum Gasteiger partial charge on any atom is 0.242 e. The minimum absolute atomic E-state index is 0.348. The third kappa shape index (κ3) is 3.40. The van der Waals surface area contributed by atoms with Gasteiger partial charge in [-0.25, -0.2) is 17.4 Å². The number of benzene rings is 1. The van der Waals surface area contributed by atoms with Crippen molar-refractivity contribution in [3.05, 3.63) is 34.4 Å². The molecule has 0 saturated heterocycles. The summed E-state index contributed by atoms with van der Waals surface area (Å²) < 4.78 is 31.0.